The van der Waals surface area contributed by atoms with Gasteiger partial charge < -0.3 is 9.64 Å². The summed E-state index contributed by atoms with van der Waals surface area (Å²) in [7, 11) is 0. The van der Waals surface area contributed by atoms with E-state index in [1.165, 1.54) is 11.8 Å². The second kappa shape index (κ2) is 5.69. The summed E-state index contributed by atoms with van der Waals surface area (Å²) in [5, 5.41) is 0.841. The van der Waals surface area contributed by atoms with Crippen LogP contribution in [-0.2, 0) is 9.53 Å². The highest BCUT2D eigenvalue weighted by molar-refractivity contribution is 8.18. The minimum absolute atomic E-state index is 0.0860. The number of morpholine rings is 1. The molecule has 4 nitrogen and oxygen atoms in total. The lowest BCUT2D eigenvalue weighted by atomic mass is 10.1. The van der Waals surface area contributed by atoms with E-state index in [-0.39, 0.29) is 5.91 Å². The maximum Gasteiger partial charge on any atom is 0.285 e. The van der Waals surface area contributed by atoms with E-state index < -0.39 is 0 Å². The average Bonchev–Trinajstić information content (AvgIpc) is 2.69. The van der Waals surface area contributed by atoms with Gasteiger partial charge in [-0.2, -0.15) is 4.99 Å². The molecule has 0 N–H and O–H groups in total. The number of aliphatic imine (C=N–C) groups is 1. The van der Waals surface area contributed by atoms with Crippen molar-refractivity contribution in [1.82, 2.24) is 4.90 Å². The molecule has 0 spiro atoms. The number of carbonyl (C=O) groups excluding carboxylic acids is 1. The first-order valence-corrected chi connectivity index (χ1v) is 6.82. The second-order valence-corrected chi connectivity index (χ2v) is 5.61. The number of amides is 1. The molecule has 2 rings (SSSR count). The Morgan fingerprint density at radius 1 is 1.47 bits per heavy atom. The van der Waals surface area contributed by atoms with E-state index >= 15 is 0 Å². The highest BCUT2D eigenvalue weighted by atomic mass is 32.2. The van der Waals surface area contributed by atoms with Crippen LogP contribution in [0.1, 0.15) is 20.3 Å². The molecule has 17 heavy (non-hydrogen) atoms. The van der Waals surface area contributed by atoms with Gasteiger partial charge in [0.1, 0.15) is 0 Å². The van der Waals surface area contributed by atoms with Crippen LogP contribution in [-0.4, -0.2) is 42.3 Å². The largest absolute Gasteiger partial charge is 0.378 e. The lowest BCUT2D eigenvalue weighted by Crippen LogP contribution is -2.38. The molecule has 0 aromatic carbocycles. The highest BCUT2D eigenvalue weighted by Gasteiger charge is 2.26. The minimum Gasteiger partial charge on any atom is -0.378 e. The van der Waals surface area contributed by atoms with E-state index in [1.54, 1.807) is 0 Å². The lowest BCUT2D eigenvalue weighted by molar-refractivity contribution is -0.113. The summed E-state index contributed by atoms with van der Waals surface area (Å²) >= 11 is 1.50. The molecule has 0 aliphatic carbocycles. The summed E-state index contributed by atoms with van der Waals surface area (Å²) in [6.45, 7) is 7.39. The number of allylic oxidation sites excluding steroid dienone is 1. The number of thioether (sulfide) groups is 1. The van der Waals surface area contributed by atoms with Gasteiger partial charge in [-0.15, -0.1) is 0 Å². The molecule has 0 bridgehead atoms. The second-order valence-electron chi connectivity index (χ2n) is 4.60. The third-order valence-electron chi connectivity index (χ3n) is 2.67. The summed E-state index contributed by atoms with van der Waals surface area (Å²) < 4.78 is 5.29. The Kier molecular flexibility index (Phi) is 4.23. The van der Waals surface area contributed by atoms with Crippen molar-refractivity contribution in [3.8, 4) is 0 Å². The van der Waals surface area contributed by atoms with Crippen LogP contribution in [0.3, 0.4) is 0 Å². The molecule has 0 unspecified atom stereocenters. The quantitative estimate of drug-likeness (QED) is 0.706. The van der Waals surface area contributed by atoms with Gasteiger partial charge in [0.2, 0.25) is 0 Å². The van der Waals surface area contributed by atoms with Crippen molar-refractivity contribution in [2.75, 3.05) is 26.3 Å². The SMILES string of the molecule is CC(C)C/C=C1/SC(N2CCOCC2)=NC1=O. The van der Waals surface area contributed by atoms with Crippen molar-refractivity contribution in [2.45, 2.75) is 20.3 Å². The lowest BCUT2D eigenvalue weighted by Gasteiger charge is -2.27. The summed E-state index contributed by atoms with van der Waals surface area (Å²) in [6.07, 6.45) is 2.94. The van der Waals surface area contributed by atoms with E-state index in [1.807, 2.05) is 6.08 Å². The molecule has 0 atom stereocenters. The van der Waals surface area contributed by atoms with E-state index in [4.69, 9.17) is 4.74 Å². The maximum atomic E-state index is 11.7. The van der Waals surface area contributed by atoms with Crippen LogP contribution < -0.4 is 0 Å². The minimum atomic E-state index is -0.0860. The predicted octanol–water partition coefficient (Wildman–Crippen LogP) is 1.88. The zero-order valence-electron chi connectivity index (χ0n) is 10.3. The van der Waals surface area contributed by atoms with Gasteiger partial charge in [0.05, 0.1) is 18.1 Å². The van der Waals surface area contributed by atoms with Gasteiger partial charge in [-0.05, 0) is 24.1 Å². The topological polar surface area (TPSA) is 41.9 Å². The van der Waals surface area contributed by atoms with Gasteiger partial charge in [0.15, 0.2) is 5.17 Å². The zero-order valence-corrected chi connectivity index (χ0v) is 11.1. The fourth-order valence-corrected chi connectivity index (χ4v) is 2.62. The smallest absolute Gasteiger partial charge is 0.285 e. The van der Waals surface area contributed by atoms with Crippen LogP contribution in [0.2, 0.25) is 0 Å². The molecular formula is C12H18N2O2S. The maximum absolute atomic E-state index is 11.7. The number of amidine groups is 1. The summed E-state index contributed by atoms with van der Waals surface area (Å²) in [4.78, 5) is 18.7. The number of hydrogen-bond acceptors (Lipinski definition) is 4. The molecule has 0 aromatic rings. The summed E-state index contributed by atoms with van der Waals surface area (Å²) in [6, 6.07) is 0. The van der Waals surface area contributed by atoms with Crippen LogP contribution in [0.5, 0.6) is 0 Å². The molecule has 0 aromatic heterocycles. The summed E-state index contributed by atoms with van der Waals surface area (Å²) in [5.41, 5.74) is 0. The van der Waals surface area contributed by atoms with Crippen molar-refractivity contribution in [3.05, 3.63) is 11.0 Å². The Bertz CT molecular complexity index is 358. The van der Waals surface area contributed by atoms with Crippen LogP contribution in [0.15, 0.2) is 16.0 Å². The Balaban J connectivity index is 1.96. The van der Waals surface area contributed by atoms with Gasteiger partial charge in [0.25, 0.3) is 5.91 Å². The number of ether oxygens (including phenoxy) is 1. The first-order chi connectivity index (χ1) is 8.16. The van der Waals surface area contributed by atoms with Gasteiger partial charge in [-0.3, -0.25) is 4.79 Å². The zero-order chi connectivity index (χ0) is 12.3. The van der Waals surface area contributed by atoms with Crippen molar-refractivity contribution in [1.29, 1.82) is 0 Å². The van der Waals surface area contributed by atoms with Crippen LogP contribution in [0, 0.1) is 5.92 Å². The molecule has 94 valence electrons. The van der Waals surface area contributed by atoms with E-state index in [9.17, 15) is 4.79 Å². The van der Waals surface area contributed by atoms with E-state index in [0.717, 1.165) is 42.8 Å². The van der Waals surface area contributed by atoms with Gasteiger partial charge in [-0.25, -0.2) is 0 Å². The number of hydrogen-bond donors (Lipinski definition) is 0. The molecule has 1 amide bonds. The Morgan fingerprint density at radius 2 is 2.18 bits per heavy atom. The van der Waals surface area contributed by atoms with Crippen molar-refractivity contribution in [3.63, 3.8) is 0 Å². The van der Waals surface area contributed by atoms with Crippen LogP contribution in [0.4, 0.5) is 0 Å². The molecule has 0 radical (unpaired) electrons. The molecule has 2 aliphatic heterocycles. The molecule has 1 saturated heterocycles. The number of carbonyl (C=O) groups is 1. The Morgan fingerprint density at radius 3 is 2.82 bits per heavy atom. The molecule has 0 saturated carbocycles. The fraction of sp³-hybridized carbons (Fsp3) is 0.667. The monoisotopic (exact) mass is 254 g/mol. The fourth-order valence-electron chi connectivity index (χ4n) is 1.67. The van der Waals surface area contributed by atoms with Gasteiger partial charge in [0, 0.05) is 13.1 Å². The van der Waals surface area contributed by atoms with Gasteiger partial charge >= 0.3 is 0 Å². The standard InChI is InChI=1S/C12H18N2O2S/c1-9(2)3-4-10-11(15)13-12(17-10)14-5-7-16-8-6-14/h4,9H,3,5-8H2,1-2H3/b10-4+. The van der Waals surface area contributed by atoms with Crippen LogP contribution >= 0.6 is 11.8 Å². The number of nitrogens with zero attached hydrogens (tertiary/aromatic N) is 2. The molecule has 1 fully saturated rings. The molecular weight excluding hydrogens is 236 g/mol. The summed E-state index contributed by atoms with van der Waals surface area (Å²) in [5.74, 6) is 0.487. The normalized spacial score (nSPS) is 23.7. The first kappa shape index (κ1) is 12.6. The molecule has 2 heterocycles. The first-order valence-electron chi connectivity index (χ1n) is 6.00. The van der Waals surface area contributed by atoms with Gasteiger partial charge in [-0.1, -0.05) is 19.9 Å². The molecule has 2 aliphatic rings. The predicted molar refractivity (Wildman–Crippen MR) is 70.0 cm³/mol. The van der Waals surface area contributed by atoms with Crippen molar-refractivity contribution >= 4 is 22.8 Å². The third-order valence-corrected chi connectivity index (χ3v) is 3.76. The van der Waals surface area contributed by atoms with E-state index in [0.29, 0.717) is 5.92 Å². The number of rotatable bonds is 2. The van der Waals surface area contributed by atoms with Crippen molar-refractivity contribution < 1.29 is 9.53 Å². The van der Waals surface area contributed by atoms with Crippen molar-refractivity contribution in [2.24, 2.45) is 10.9 Å². The van der Waals surface area contributed by atoms with Crippen LogP contribution in [0.25, 0.3) is 0 Å². The average molecular weight is 254 g/mol. The third kappa shape index (κ3) is 3.33. The highest BCUT2D eigenvalue weighted by Crippen LogP contribution is 2.29. The Hall–Kier alpha value is -0.810. The molecule has 5 heteroatoms. The Labute approximate surface area is 106 Å². The van der Waals surface area contributed by atoms with E-state index in [2.05, 4.69) is 23.7 Å².